The normalized spacial score (nSPS) is 13.0. The van der Waals surface area contributed by atoms with E-state index in [1.54, 1.807) is 18.2 Å². The molecule has 6 heteroatoms. The van der Waals surface area contributed by atoms with Crippen molar-refractivity contribution in [3.8, 4) is 0 Å². The highest BCUT2D eigenvalue weighted by atomic mass is 32.2. The van der Waals surface area contributed by atoms with Gasteiger partial charge in [0.2, 0.25) is 0 Å². The number of furan rings is 1. The Hall–Kier alpha value is -2.08. The minimum Gasteiger partial charge on any atom is -0.455 e. The number of nitrogens with one attached hydrogen (secondary N) is 1. The summed E-state index contributed by atoms with van der Waals surface area (Å²) in [7, 11) is -3.49. The van der Waals surface area contributed by atoms with Crippen molar-refractivity contribution in [2.75, 3.05) is 0 Å². The zero-order valence-electron chi connectivity index (χ0n) is 13.4. The Labute approximate surface area is 136 Å². The monoisotopic (exact) mass is 335 g/mol. The molecule has 0 aliphatic heterocycles. The molecule has 1 unspecified atom stereocenters. The molecular formula is C17H21NO4S. The van der Waals surface area contributed by atoms with Gasteiger partial charge in [-0.05, 0) is 37.1 Å². The molecule has 1 heterocycles. The second-order valence-corrected chi connectivity index (χ2v) is 7.83. The largest absolute Gasteiger partial charge is 0.455 e. The summed E-state index contributed by atoms with van der Waals surface area (Å²) in [6.07, 6.45) is 0. The molecule has 0 saturated heterocycles. The van der Waals surface area contributed by atoms with E-state index in [2.05, 4.69) is 5.32 Å². The van der Waals surface area contributed by atoms with Crippen LogP contribution in [0.3, 0.4) is 0 Å². The number of hydrogen-bond donors (Lipinski definition) is 1. The minimum atomic E-state index is -3.49. The van der Waals surface area contributed by atoms with Crippen LogP contribution >= 0.6 is 0 Å². The zero-order valence-corrected chi connectivity index (χ0v) is 14.3. The van der Waals surface area contributed by atoms with Crippen LogP contribution in [0.15, 0.2) is 51.8 Å². The molecule has 0 radical (unpaired) electrons. The highest BCUT2D eigenvalue weighted by molar-refractivity contribution is 7.90. The van der Waals surface area contributed by atoms with Crippen molar-refractivity contribution in [2.24, 2.45) is 5.92 Å². The van der Waals surface area contributed by atoms with Crippen LogP contribution in [0, 0.1) is 5.92 Å². The number of benzene rings is 1. The van der Waals surface area contributed by atoms with Gasteiger partial charge >= 0.3 is 0 Å². The molecule has 1 aromatic carbocycles. The Morgan fingerprint density at radius 3 is 2.35 bits per heavy atom. The molecule has 0 fully saturated rings. The van der Waals surface area contributed by atoms with Gasteiger partial charge in [0.15, 0.2) is 15.6 Å². The summed E-state index contributed by atoms with van der Waals surface area (Å²) < 4.78 is 30.0. The topological polar surface area (TPSA) is 76.4 Å². The van der Waals surface area contributed by atoms with Crippen LogP contribution < -0.4 is 5.32 Å². The predicted molar refractivity (Wildman–Crippen MR) is 87.8 cm³/mol. The third-order valence-corrected chi connectivity index (χ3v) is 5.33. The molecular weight excluding hydrogens is 314 g/mol. The molecule has 0 saturated carbocycles. The summed E-state index contributed by atoms with van der Waals surface area (Å²) in [4.78, 5) is 12.3. The third kappa shape index (κ3) is 4.45. The Kier molecular flexibility index (Phi) is 5.26. The first-order valence-corrected chi connectivity index (χ1v) is 9.12. The van der Waals surface area contributed by atoms with Crippen molar-refractivity contribution < 1.29 is 17.6 Å². The molecule has 1 N–H and O–H groups in total. The molecule has 0 bridgehead atoms. The standard InChI is InChI=1S/C17H21NO4S/c1-12(2)13(3)18-17(19)16-10-9-14(22-16)11-23(20,21)15-7-5-4-6-8-15/h4-10,12-13H,11H2,1-3H3,(H,18,19). The fourth-order valence-electron chi connectivity index (χ4n) is 1.92. The van der Waals surface area contributed by atoms with Crippen molar-refractivity contribution in [1.82, 2.24) is 5.32 Å². The van der Waals surface area contributed by atoms with Gasteiger partial charge in [-0.1, -0.05) is 32.0 Å². The highest BCUT2D eigenvalue weighted by Crippen LogP contribution is 2.18. The van der Waals surface area contributed by atoms with E-state index in [0.717, 1.165) is 0 Å². The van der Waals surface area contributed by atoms with Crippen LogP contribution in [0.5, 0.6) is 0 Å². The van der Waals surface area contributed by atoms with Gasteiger partial charge in [-0.15, -0.1) is 0 Å². The minimum absolute atomic E-state index is 0.00380. The Bertz CT molecular complexity index is 763. The van der Waals surface area contributed by atoms with E-state index in [1.807, 2.05) is 20.8 Å². The van der Waals surface area contributed by atoms with Crippen molar-refractivity contribution in [3.63, 3.8) is 0 Å². The average Bonchev–Trinajstić information content (AvgIpc) is 2.96. The summed E-state index contributed by atoms with van der Waals surface area (Å²) in [5.74, 6) is 0.0534. The molecule has 0 aliphatic rings. The SMILES string of the molecule is CC(C)C(C)NC(=O)c1ccc(CS(=O)(=O)c2ccccc2)o1. The van der Waals surface area contributed by atoms with Crippen LogP contribution in [0.1, 0.15) is 37.1 Å². The summed E-state index contributed by atoms with van der Waals surface area (Å²) in [5.41, 5.74) is 0. The van der Waals surface area contributed by atoms with Crippen LogP contribution in [0.2, 0.25) is 0 Å². The number of sulfone groups is 1. The number of hydrogen-bond acceptors (Lipinski definition) is 4. The third-order valence-electron chi connectivity index (χ3n) is 3.68. The van der Waals surface area contributed by atoms with Gasteiger partial charge in [0, 0.05) is 6.04 Å². The highest BCUT2D eigenvalue weighted by Gasteiger charge is 2.20. The number of rotatable bonds is 6. The van der Waals surface area contributed by atoms with Gasteiger partial charge in [-0.25, -0.2) is 8.42 Å². The van der Waals surface area contributed by atoms with E-state index in [0.29, 0.717) is 5.92 Å². The smallest absolute Gasteiger partial charge is 0.287 e. The van der Waals surface area contributed by atoms with Crippen molar-refractivity contribution in [3.05, 3.63) is 54.0 Å². The van der Waals surface area contributed by atoms with Gasteiger partial charge in [0.25, 0.3) is 5.91 Å². The van der Waals surface area contributed by atoms with Gasteiger partial charge in [0.05, 0.1) is 4.90 Å². The Morgan fingerprint density at radius 1 is 1.09 bits per heavy atom. The van der Waals surface area contributed by atoms with E-state index in [4.69, 9.17) is 4.42 Å². The quantitative estimate of drug-likeness (QED) is 0.880. The van der Waals surface area contributed by atoms with E-state index >= 15 is 0 Å². The Morgan fingerprint density at radius 2 is 1.74 bits per heavy atom. The maximum Gasteiger partial charge on any atom is 0.287 e. The molecule has 0 aliphatic carbocycles. The van der Waals surface area contributed by atoms with Crippen LogP contribution in [-0.2, 0) is 15.6 Å². The maximum absolute atomic E-state index is 12.3. The molecule has 5 nitrogen and oxygen atoms in total. The molecule has 124 valence electrons. The first-order chi connectivity index (χ1) is 10.8. The molecule has 2 aromatic rings. The second-order valence-electron chi connectivity index (χ2n) is 5.84. The van der Waals surface area contributed by atoms with Crippen LogP contribution in [0.25, 0.3) is 0 Å². The first kappa shape index (κ1) is 17.3. The van der Waals surface area contributed by atoms with Crippen molar-refractivity contribution >= 4 is 15.7 Å². The molecule has 1 aromatic heterocycles. The van der Waals surface area contributed by atoms with E-state index < -0.39 is 9.84 Å². The van der Waals surface area contributed by atoms with Crippen LogP contribution in [-0.4, -0.2) is 20.4 Å². The van der Waals surface area contributed by atoms with E-state index in [9.17, 15) is 13.2 Å². The summed E-state index contributed by atoms with van der Waals surface area (Å²) in [6, 6.07) is 11.2. The lowest BCUT2D eigenvalue weighted by Crippen LogP contribution is -2.35. The number of carbonyl (C=O) groups is 1. The van der Waals surface area contributed by atoms with Crippen LogP contribution in [0.4, 0.5) is 0 Å². The fourth-order valence-corrected chi connectivity index (χ4v) is 3.19. The lowest BCUT2D eigenvalue weighted by Gasteiger charge is -2.16. The van der Waals surface area contributed by atoms with Crippen molar-refractivity contribution in [1.29, 1.82) is 0 Å². The fraction of sp³-hybridized carbons (Fsp3) is 0.353. The molecule has 0 spiro atoms. The van der Waals surface area contributed by atoms with Gasteiger partial charge in [0.1, 0.15) is 11.5 Å². The summed E-state index contributed by atoms with van der Waals surface area (Å²) in [5, 5.41) is 2.82. The maximum atomic E-state index is 12.3. The molecule has 1 amide bonds. The van der Waals surface area contributed by atoms with Gasteiger partial charge < -0.3 is 9.73 Å². The lowest BCUT2D eigenvalue weighted by molar-refractivity contribution is 0.0901. The predicted octanol–water partition coefficient (Wildman–Crippen LogP) is 3.03. The number of carbonyl (C=O) groups excluding carboxylic acids is 1. The lowest BCUT2D eigenvalue weighted by atomic mass is 10.1. The van der Waals surface area contributed by atoms with Gasteiger partial charge in [-0.2, -0.15) is 0 Å². The number of amides is 1. The molecule has 2 rings (SSSR count). The van der Waals surface area contributed by atoms with E-state index in [-0.39, 0.29) is 34.1 Å². The van der Waals surface area contributed by atoms with Crippen molar-refractivity contribution in [2.45, 2.75) is 37.5 Å². The Balaban J connectivity index is 2.09. The zero-order chi connectivity index (χ0) is 17.0. The first-order valence-electron chi connectivity index (χ1n) is 7.47. The second kappa shape index (κ2) is 7.00. The molecule has 23 heavy (non-hydrogen) atoms. The summed E-state index contributed by atoms with van der Waals surface area (Å²) in [6.45, 7) is 5.92. The van der Waals surface area contributed by atoms with Gasteiger partial charge in [-0.3, -0.25) is 4.79 Å². The summed E-state index contributed by atoms with van der Waals surface area (Å²) >= 11 is 0. The molecule has 1 atom stereocenters. The average molecular weight is 335 g/mol. The van der Waals surface area contributed by atoms with E-state index in [1.165, 1.54) is 24.3 Å².